The fraction of sp³-hybridized carbons (Fsp3) is 0.333. The Labute approximate surface area is 224 Å². The highest BCUT2D eigenvalue weighted by Crippen LogP contribution is 2.34. The predicted octanol–water partition coefficient (Wildman–Crippen LogP) is 5.82. The van der Waals surface area contributed by atoms with Gasteiger partial charge < -0.3 is 29.6 Å². The lowest BCUT2D eigenvalue weighted by Crippen LogP contribution is -2.22. The van der Waals surface area contributed by atoms with Crippen LogP contribution in [-0.2, 0) is 15.0 Å². The molecule has 0 fully saturated rings. The number of hydrogen-bond donors (Lipinski definition) is 2. The minimum Gasteiger partial charge on any atom is -0.492 e. The van der Waals surface area contributed by atoms with Gasteiger partial charge in [-0.25, -0.2) is 0 Å². The quantitative estimate of drug-likeness (QED) is 0.313. The lowest BCUT2D eigenvalue weighted by Gasteiger charge is -2.21. The zero-order chi connectivity index (χ0) is 27.5. The van der Waals surface area contributed by atoms with E-state index < -0.39 is 0 Å². The van der Waals surface area contributed by atoms with Gasteiger partial charge in [-0.3, -0.25) is 9.59 Å². The zero-order valence-corrected chi connectivity index (χ0v) is 22.6. The highest BCUT2D eigenvalue weighted by molar-refractivity contribution is 5.94. The summed E-state index contributed by atoms with van der Waals surface area (Å²) < 4.78 is 22.8. The molecule has 0 heterocycles. The van der Waals surface area contributed by atoms with Crippen LogP contribution in [0.25, 0.3) is 0 Å². The molecule has 202 valence electrons. The van der Waals surface area contributed by atoms with Crippen LogP contribution in [0, 0.1) is 0 Å². The van der Waals surface area contributed by atoms with Crippen molar-refractivity contribution in [1.29, 1.82) is 0 Å². The smallest absolute Gasteiger partial charge is 0.262 e. The molecule has 0 spiro atoms. The lowest BCUT2D eigenvalue weighted by atomic mass is 9.87. The van der Waals surface area contributed by atoms with E-state index in [1.165, 1.54) is 0 Å². The fourth-order valence-corrected chi connectivity index (χ4v) is 3.57. The summed E-state index contributed by atoms with van der Waals surface area (Å²) in [4.78, 5) is 25.3. The molecule has 0 aliphatic heterocycles. The van der Waals surface area contributed by atoms with Gasteiger partial charge in [-0.2, -0.15) is 0 Å². The van der Waals surface area contributed by atoms with E-state index in [1.807, 2.05) is 50.2 Å². The van der Waals surface area contributed by atoms with Crippen LogP contribution in [0.1, 0.15) is 40.2 Å². The second kappa shape index (κ2) is 13.4. The summed E-state index contributed by atoms with van der Waals surface area (Å²) in [5.41, 5.74) is 1.96. The minimum absolute atomic E-state index is 0.157. The third kappa shape index (κ3) is 8.16. The van der Waals surface area contributed by atoms with Crippen molar-refractivity contribution in [2.45, 2.75) is 40.0 Å². The summed E-state index contributed by atoms with van der Waals surface area (Å²) in [6.07, 6.45) is 0. The molecule has 0 saturated carbocycles. The second-order valence-electron chi connectivity index (χ2n) is 9.44. The molecule has 0 aliphatic rings. The number of carbonyl (C=O) groups is 2. The monoisotopic (exact) mass is 520 g/mol. The zero-order valence-electron chi connectivity index (χ0n) is 22.6. The van der Waals surface area contributed by atoms with Crippen LogP contribution in [0.5, 0.6) is 23.0 Å². The average Bonchev–Trinajstić information content (AvgIpc) is 2.88. The van der Waals surface area contributed by atoms with E-state index in [1.54, 1.807) is 30.3 Å². The van der Waals surface area contributed by atoms with E-state index in [0.29, 0.717) is 47.6 Å². The van der Waals surface area contributed by atoms with Gasteiger partial charge in [0.1, 0.15) is 11.5 Å². The third-order valence-electron chi connectivity index (χ3n) is 5.45. The molecule has 8 heteroatoms. The van der Waals surface area contributed by atoms with Crippen LogP contribution >= 0.6 is 0 Å². The average molecular weight is 521 g/mol. The van der Waals surface area contributed by atoms with Crippen molar-refractivity contribution in [2.24, 2.45) is 0 Å². The van der Waals surface area contributed by atoms with Gasteiger partial charge in [0.15, 0.2) is 24.7 Å². The number of carbonyl (C=O) groups excluding carboxylic acids is 2. The highest BCUT2D eigenvalue weighted by Gasteiger charge is 2.19. The summed E-state index contributed by atoms with van der Waals surface area (Å²) >= 11 is 0. The molecule has 0 atom stereocenters. The van der Waals surface area contributed by atoms with Crippen LogP contribution in [0.2, 0.25) is 0 Å². The number of anilines is 2. The summed E-state index contributed by atoms with van der Waals surface area (Å²) in [5, 5.41) is 5.63. The second-order valence-corrected chi connectivity index (χ2v) is 9.44. The topological polar surface area (TPSA) is 95.1 Å². The molecule has 0 aromatic heterocycles. The number of nitrogens with one attached hydrogen (secondary N) is 2. The van der Waals surface area contributed by atoms with Crippen molar-refractivity contribution in [1.82, 2.24) is 0 Å². The highest BCUT2D eigenvalue weighted by atomic mass is 16.5. The van der Waals surface area contributed by atoms with Gasteiger partial charge in [-0.05, 0) is 61.2 Å². The van der Waals surface area contributed by atoms with Gasteiger partial charge in [0.25, 0.3) is 11.8 Å². The maximum Gasteiger partial charge on any atom is 0.262 e. The molecular weight excluding hydrogens is 484 g/mol. The molecule has 38 heavy (non-hydrogen) atoms. The van der Waals surface area contributed by atoms with Crippen molar-refractivity contribution in [3.63, 3.8) is 0 Å². The van der Waals surface area contributed by atoms with Gasteiger partial charge in [-0.1, -0.05) is 51.1 Å². The first-order valence-corrected chi connectivity index (χ1v) is 12.6. The molecule has 0 radical (unpaired) electrons. The van der Waals surface area contributed by atoms with Gasteiger partial charge in [0, 0.05) is 0 Å². The van der Waals surface area contributed by atoms with E-state index in [9.17, 15) is 9.59 Å². The molecule has 2 amide bonds. The normalized spacial score (nSPS) is 10.9. The molecule has 2 N–H and O–H groups in total. The van der Waals surface area contributed by atoms with Crippen molar-refractivity contribution in [3.05, 3.63) is 72.3 Å². The first-order valence-electron chi connectivity index (χ1n) is 12.6. The van der Waals surface area contributed by atoms with Crippen molar-refractivity contribution in [3.8, 4) is 23.0 Å². The standard InChI is InChI=1S/C30H36N2O6/c1-6-35-24-14-10-8-12-22(24)31-28(33)19-37-26-17-16-21(30(3,4)5)18-27(26)38-20-29(34)32-23-13-9-11-15-25(23)36-7-2/h8-18H,6-7,19-20H2,1-5H3,(H,31,33)(H,32,34). The Kier molecular flexibility index (Phi) is 9.99. The Hall–Kier alpha value is -4.20. The SMILES string of the molecule is CCOc1ccccc1NC(=O)COc1ccc(C(C)(C)C)cc1OCC(=O)Nc1ccccc1OCC. The molecule has 3 aromatic rings. The molecular formula is C30H36N2O6. The first kappa shape index (κ1) is 28.4. The van der Waals surface area contributed by atoms with E-state index in [4.69, 9.17) is 18.9 Å². The van der Waals surface area contributed by atoms with Gasteiger partial charge in [-0.15, -0.1) is 0 Å². The number of hydrogen-bond acceptors (Lipinski definition) is 6. The Balaban J connectivity index is 1.69. The predicted molar refractivity (Wildman–Crippen MR) is 149 cm³/mol. The summed E-state index contributed by atoms with van der Waals surface area (Å²) in [6, 6.07) is 19.9. The van der Waals surface area contributed by atoms with Crippen molar-refractivity contribution >= 4 is 23.2 Å². The molecule has 0 unspecified atom stereocenters. The number of benzene rings is 3. The third-order valence-corrected chi connectivity index (χ3v) is 5.45. The molecule has 0 bridgehead atoms. The first-order chi connectivity index (χ1) is 18.2. The Morgan fingerprint density at radius 2 is 1.11 bits per heavy atom. The maximum absolute atomic E-state index is 12.7. The van der Waals surface area contributed by atoms with Crippen LogP contribution < -0.4 is 29.6 Å². The summed E-state index contributed by atoms with van der Waals surface area (Å²) in [5.74, 6) is 1.18. The summed E-state index contributed by atoms with van der Waals surface area (Å²) in [7, 11) is 0. The van der Waals surface area contributed by atoms with E-state index in [2.05, 4.69) is 31.4 Å². The minimum atomic E-state index is -0.353. The number of ether oxygens (including phenoxy) is 4. The molecule has 0 aliphatic carbocycles. The molecule has 0 saturated heterocycles. The van der Waals surface area contributed by atoms with Gasteiger partial charge >= 0.3 is 0 Å². The fourth-order valence-electron chi connectivity index (χ4n) is 3.57. The van der Waals surface area contributed by atoms with E-state index >= 15 is 0 Å². The molecule has 8 nitrogen and oxygen atoms in total. The van der Waals surface area contributed by atoms with Crippen LogP contribution in [0.15, 0.2) is 66.7 Å². The number of para-hydroxylation sites is 4. The Bertz CT molecular complexity index is 1240. The number of rotatable bonds is 12. The van der Waals surface area contributed by atoms with Crippen LogP contribution in [0.3, 0.4) is 0 Å². The largest absolute Gasteiger partial charge is 0.492 e. The maximum atomic E-state index is 12.7. The Morgan fingerprint density at radius 1 is 0.632 bits per heavy atom. The molecule has 3 aromatic carbocycles. The van der Waals surface area contributed by atoms with Crippen molar-refractivity contribution in [2.75, 3.05) is 37.1 Å². The van der Waals surface area contributed by atoms with Gasteiger partial charge in [0.2, 0.25) is 0 Å². The van der Waals surface area contributed by atoms with Gasteiger partial charge in [0.05, 0.1) is 24.6 Å². The lowest BCUT2D eigenvalue weighted by molar-refractivity contribution is -0.119. The van der Waals surface area contributed by atoms with Crippen molar-refractivity contribution < 1.29 is 28.5 Å². The van der Waals surface area contributed by atoms with E-state index in [-0.39, 0.29) is 30.4 Å². The number of amides is 2. The van der Waals surface area contributed by atoms with Crippen LogP contribution in [0.4, 0.5) is 11.4 Å². The van der Waals surface area contributed by atoms with Crippen LogP contribution in [-0.4, -0.2) is 38.2 Å². The summed E-state index contributed by atoms with van der Waals surface area (Å²) in [6.45, 7) is 10.4. The van der Waals surface area contributed by atoms with E-state index in [0.717, 1.165) is 5.56 Å². The Morgan fingerprint density at radius 3 is 1.58 bits per heavy atom. The molecule has 3 rings (SSSR count).